The van der Waals surface area contributed by atoms with E-state index in [1.165, 1.54) is 0 Å². The summed E-state index contributed by atoms with van der Waals surface area (Å²) in [5.41, 5.74) is 0. The van der Waals surface area contributed by atoms with Crippen molar-refractivity contribution in [1.82, 2.24) is 3.93 Å². The standard InChI is InChI=1S/C5H5BrClN/c6-8-3-1-5(7)2-4-8/h1-3H,4H2. The van der Waals surface area contributed by atoms with Gasteiger partial charge in [0.25, 0.3) is 0 Å². The molecule has 8 heavy (non-hydrogen) atoms. The molecule has 0 saturated heterocycles. The highest BCUT2D eigenvalue weighted by atomic mass is 79.9. The third-order valence-corrected chi connectivity index (χ3v) is 1.66. The predicted molar refractivity (Wildman–Crippen MR) is 38.7 cm³/mol. The van der Waals surface area contributed by atoms with Gasteiger partial charge in [-0.25, -0.2) is 0 Å². The Kier molecular flexibility index (Phi) is 1.97. The molecule has 44 valence electrons. The maximum Gasteiger partial charge on any atom is 0.0494 e. The van der Waals surface area contributed by atoms with Gasteiger partial charge in [-0.05, 0) is 12.2 Å². The number of halogens is 2. The highest BCUT2D eigenvalue weighted by Gasteiger charge is 1.96. The molecule has 0 spiro atoms. The molecule has 0 aromatic heterocycles. The van der Waals surface area contributed by atoms with Crippen molar-refractivity contribution in [2.45, 2.75) is 0 Å². The van der Waals surface area contributed by atoms with E-state index in [0.717, 1.165) is 11.6 Å². The summed E-state index contributed by atoms with van der Waals surface area (Å²) in [5.74, 6) is 0. The first-order valence-corrected chi connectivity index (χ1v) is 3.34. The van der Waals surface area contributed by atoms with Crippen LogP contribution in [0.4, 0.5) is 0 Å². The maximum atomic E-state index is 5.61. The average molecular weight is 194 g/mol. The van der Waals surface area contributed by atoms with Gasteiger partial charge < -0.3 is 3.93 Å². The molecule has 0 saturated carbocycles. The summed E-state index contributed by atoms with van der Waals surface area (Å²) >= 11 is 8.87. The summed E-state index contributed by atoms with van der Waals surface area (Å²) in [5, 5.41) is 0.806. The Morgan fingerprint density at radius 3 is 2.88 bits per heavy atom. The molecule has 1 aliphatic rings. The molecule has 0 aliphatic carbocycles. The Morgan fingerprint density at radius 2 is 2.50 bits per heavy atom. The SMILES string of the molecule is ClC1=CCN(Br)C=C1. The number of hydrogen-bond acceptors (Lipinski definition) is 1. The fraction of sp³-hybridized carbons (Fsp3) is 0.200. The van der Waals surface area contributed by atoms with Crippen LogP contribution in [0.15, 0.2) is 23.4 Å². The van der Waals surface area contributed by atoms with Gasteiger partial charge in [0.2, 0.25) is 0 Å². The first kappa shape index (κ1) is 6.17. The van der Waals surface area contributed by atoms with Crippen LogP contribution in [0.2, 0.25) is 0 Å². The van der Waals surface area contributed by atoms with E-state index in [4.69, 9.17) is 11.6 Å². The molecule has 0 amide bonds. The van der Waals surface area contributed by atoms with Gasteiger partial charge in [0.1, 0.15) is 0 Å². The van der Waals surface area contributed by atoms with Gasteiger partial charge >= 0.3 is 0 Å². The third kappa shape index (κ3) is 1.53. The Morgan fingerprint density at radius 1 is 1.75 bits per heavy atom. The Bertz CT molecular complexity index is 141. The van der Waals surface area contributed by atoms with E-state index in [-0.39, 0.29) is 0 Å². The van der Waals surface area contributed by atoms with Gasteiger partial charge in [-0.15, -0.1) is 0 Å². The van der Waals surface area contributed by atoms with Gasteiger partial charge in [-0.3, -0.25) is 0 Å². The molecule has 1 aliphatic heterocycles. The van der Waals surface area contributed by atoms with E-state index in [2.05, 4.69) is 16.1 Å². The molecule has 1 nitrogen and oxygen atoms in total. The van der Waals surface area contributed by atoms with Crippen LogP contribution in [0.25, 0.3) is 0 Å². The van der Waals surface area contributed by atoms with Crippen LogP contribution in [0, 0.1) is 0 Å². The van der Waals surface area contributed by atoms with Crippen LogP contribution in [0.3, 0.4) is 0 Å². The Hall–Kier alpha value is 0.0500. The number of hydrogen-bond donors (Lipinski definition) is 0. The van der Waals surface area contributed by atoms with Crippen molar-refractivity contribution in [2.24, 2.45) is 0 Å². The summed E-state index contributed by atoms with van der Waals surface area (Å²) in [6.45, 7) is 0.843. The van der Waals surface area contributed by atoms with E-state index >= 15 is 0 Å². The van der Waals surface area contributed by atoms with E-state index < -0.39 is 0 Å². The minimum atomic E-state index is 0.806. The normalized spacial score (nSPS) is 18.8. The monoisotopic (exact) mass is 193 g/mol. The van der Waals surface area contributed by atoms with E-state index in [0.29, 0.717) is 0 Å². The first-order valence-electron chi connectivity index (χ1n) is 2.25. The van der Waals surface area contributed by atoms with Crippen molar-refractivity contribution in [3.63, 3.8) is 0 Å². The highest BCUT2D eigenvalue weighted by molar-refractivity contribution is 9.07. The number of allylic oxidation sites excluding steroid dienone is 2. The molecule has 1 heterocycles. The van der Waals surface area contributed by atoms with Gasteiger partial charge in [0.05, 0.1) is 0 Å². The van der Waals surface area contributed by atoms with Crippen molar-refractivity contribution >= 4 is 27.7 Å². The van der Waals surface area contributed by atoms with E-state index in [1.807, 2.05) is 22.3 Å². The van der Waals surface area contributed by atoms with Gasteiger partial charge in [0, 0.05) is 33.9 Å². The lowest BCUT2D eigenvalue weighted by atomic mass is 10.4. The zero-order chi connectivity index (χ0) is 5.98. The lowest BCUT2D eigenvalue weighted by Crippen LogP contribution is -2.04. The van der Waals surface area contributed by atoms with Gasteiger partial charge in [0.15, 0.2) is 0 Å². The van der Waals surface area contributed by atoms with Gasteiger partial charge in [-0.1, -0.05) is 11.6 Å². The largest absolute Gasteiger partial charge is 0.312 e. The van der Waals surface area contributed by atoms with Gasteiger partial charge in [-0.2, -0.15) is 0 Å². The Labute approximate surface area is 62.0 Å². The van der Waals surface area contributed by atoms with Crippen molar-refractivity contribution in [3.8, 4) is 0 Å². The summed E-state index contributed by atoms with van der Waals surface area (Å²) < 4.78 is 1.87. The Balaban J connectivity index is 2.58. The second-order valence-electron chi connectivity index (χ2n) is 1.49. The van der Waals surface area contributed by atoms with Crippen molar-refractivity contribution in [3.05, 3.63) is 23.4 Å². The smallest absolute Gasteiger partial charge is 0.0494 e. The minimum absolute atomic E-state index is 0.806. The fourth-order valence-corrected chi connectivity index (χ4v) is 0.844. The summed E-state index contributed by atoms with van der Waals surface area (Å²) in [6, 6.07) is 0. The average Bonchev–Trinajstić information content (AvgIpc) is 1.77. The van der Waals surface area contributed by atoms with Crippen molar-refractivity contribution in [1.29, 1.82) is 0 Å². The summed E-state index contributed by atoms with van der Waals surface area (Å²) in [7, 11) is 0. The zero-order valence-electron chi connectivity index (χ0n) is 4.14. The topological polar surface area (TPSA) is 3.24 Å². The molecule has 0 radical (unpaired) electrons. The van der Waals surface area contributed by atoms with Crippen LogP contribution in [0.1, 0.15) is 0 Å². The predicted octanol–water partition coefficient (Wildman–Crippen LogP) is 2.25. The molecule has 0 aromatic carbocycles. The first-order chi connectivity index (χ1) is 3.79. The lowest BCUT2D eigenvalue weighted by Gasteiger charge is -2.10. The quantitative estimate of drug-likeness (QED) is 0.535. The molecular weight excluding hydrogens is 189 g/mol. The molecule has 0 fully saturated rings. The number of rotatable bonds is 0. The molecule has 3 heteroatoms. The zero-order valence-corrected chi connectivity index (χ0v) is 6.48. The molecule has 0 N–H and O–H groups in total. The minimum Gasteiger partial charge on any atom is -0.312 e. The molecular formula is C5H5BrClN. The van der Waals surface area contributed by atoms with E-state index in [1.54, 1.807) is 0 Å². The highest BCUT2D eigenvalue weighted by Crippen LogP contribution is 2.12. The van der Waals surface area contributed by atoms with Crippen LogP contribution in [-0.4, -0.2) is 10.5 Å². The summed E-state index contributed by atoms with van der Waals surface area (Å²) in [4.78, 5) is 0. The third-order valence-electron chi connectivity index (χ3n) is 0.856. The number of nitrogens with zero attached hydrogens (tertiary/aromatic N) is 1. The van der Waals surface area contributed by atoms with Crippen LogP contribution < -0.4 is 0 Å². The van der Waals surface area contributed by atoms with Crippen molar-refractivity contribution < 1.29 is 0 Å². The van der Waals surface area contributed by atoms with Crippen LogP contribution >= 0.6 is 27.7 Å². The lowest BCUT2D eigenvalue weighted by molar-refractivity contribution is 0.713. The van der Waals surface area contributed by atoms with E-state index in [9.17, 15) is 0 Å². The fourth-order valence-electron chi connectivity index (χ4n) is 0.455. The van der Waals surface area contributed by atoms with Crippen LogP contribution in [0.5, 0.6) is 0 Å². The molecule has 0 aromatic rings. The maximum absolute atomic E-state index is 5.61. The second kappa shape index (κ2) is 2.55. The molecule has 0 bridgehead atoms. The van der Waals surface area contributed by atoms with Crippen molar-refractivity contribution in [2.75, 3.05) is 6.54 Å². The second-order valence-corrected chi connectivity index (χ2v) is 2.83. The molecule has 0 atom stereocenters. The van der Waals surface area contributed by atoms with Crippen LogP contribution in [-0.2, 0) is 0 Å². The molecule has 1 rings (SSSR count). The molecule has 0 unspecified atom stereocenters. The summed E-state index contributed by atoms with van der Waals surface area (Å²) in [6.07, 6.45) is 5.64.